The molecule has 0 atom stereocenters. The van der Waals surface area contributed by atoms with E-state index in [9.17, 15) is 14.2 Å². The average molecular weight is 659 g/mol. The van der Waals surface area contributed by atoms with Crippen molar-refractivity contribution in [2.75, 3.05) is 6.61 Å². The van der Waals surface area contributed by atoms with Gasteiger partial charge in [-0.25, -0.2) is 14.2 Å². The van der Waals surface area contributed by atoms with Crippen LogP contribution < -0.4 is 4.52 Å². The molecule has 0 unspecified atom stereocenters. The summed E-state index contributed by atoms with van der Waals surface area (Å²) in [7, 11) is -6.31. The lowest BCUT2D eigenvalue weighted by Crippen LogP contribution is -2.41. The van der Waals surface area contributed by atoms with Crippen LogP contribution in [0.25, 0.3) is 0 Å². The zero-order valence-electron chi connectivity index (χ0n) is 30.3. The lowest BCUT2D eigenvalue weighted by atomic mass is 9.78. The van der Waals surface area contributed by atoms with E-state index < -0.39 is 56.9 Å². The highest BCUT2D eigenvalue weighted by Gasteiger charge is 2.41. The Kier molecular flexibility index (Phi) is 13.2. The van der Waals surface area contributed by atoms with Crippen molar-refractivity contribution in [3.63, 3.8) is 0 Å². The predicted octanol–water partition coefficient (Wildman–Crippen LogP) is 9.62. The van der Waals surface area contributed by atoms with Crippen LogP contribution >= 0.6 is 7.82 Å². The summed E-state index contributed by atoms with van der Waals surface area (Å²) in [5, 5.41) is 0.0111. The number of esters is 2. The Morgan fingerprint density at radius 1 is 0.773 bits per heavy atom. The van der Waals surface area contributed by atoms with E-state index in [-0.39, 0.29) is 21.9 Å². The van der Waals surface area contributed by atoms with Crippen LogP contribution in [0.3, 0.4) is 0 Å². The Morgan fingerprint density at radius 3 is 1.64 bits per heavy atom. The summed E-state index contributed by atoms with van der Waals surface area (Å²) in [6, 6.07) is 2.89. The number of hydrogen-bond acceptors (Lipinski definition) is 9. The van der Waals surface area contributed by atoms with E-state index in [2.05, 4.69) is 33.9 Å². The Morgan fingerprint density at radius 2 is 1.23 bits per heavy atom. The van der Waals surface area contributed by atoms with Crippen LogP contribution in [0.1, 0.15) is 137 Å². The van der Waals surface area contributed by atoms with E-state index in [4.69, 9.17) is 27.5 Å². The maximum Gasteiger partial charge on any atom is 0.530 e. The van der Waals surface area contributed by atoms with E-state index in [1.165, 1.54) is 12.1 Å². The van der Waals surface area contributed by atoms with Gasteiger partial charge in [0.15, 0.2) is 8.32 Å². The number of phosphoric ester groups is 1. The van der Waals surface area contributed by atoms with Gasteiger partial charge in [-0.1, -0.05) is 34.6 Å². The summed E-state index contributed by atoms with van der Waals surface area (Å²) >= 11 is 0. The molecule has 0 fully saturated rings. The number of benzene rings is 1. The van der Waals surface area contributed by atoms with Gasteiger partial charge in [0, 0.05) is 12.2 Å². The number of phosphoric acid groups is 1. The third-order valence-electron chi connectivity index (χ3n) is 6.92. The number of hydrogen-bond donors (Lipinski definition) is 0. The van der Waals surface area contributed by atoms with Crippen LogP contribution in [-0.4, -0.2) is 50.3 Å². The molecule has 1 aromatic carbocycles. The normalized spacial score (nSPS) is 13.8. The first-order chi connectivity index (χ1) is 19.5. The molecule has 254 valence electrons. The van der Waals surface area contributed by atoms with Gasteiger partial charge in [-0.3, -0.25) is 9.05 Å². The summed E-state index contributed by atoms with van der Waals surface area (Å²) in [5.74, 6) is -1.33. The Hall–Kier alpha value is -1.71. The fourth-order valence-corrected chi connectivity index (χ4v) is 6.54. The highest BCUT2D eigenvalue weighted by molar-refractivity contribution is 7.49. The van der Waals surface area contributed by atoms with Gasteiger partial charge >= 0.3 is 19.8 Å². The summed E-state index contributed by atoms with van der Waals surface area (Å²) < 4.78 is 49.5. The van der Waals surface area contributed by atoms with Crippen molar-refractivity contribution >= 4 is 28.1 Å². The SMILES string of the molecule is CC(C)OP(=O)(Oc1cc(C(=O)OC(C)(C)C)cc(C(=O)OC(C)(C)C)c1C(C)(C)CCO[Si](C)(C)C(C)(C)C)OC(C)C. The smallest absolute Gasteiger partial charge is 0.456 e. The fourth-order valence-electron chi connectivity index (χ4n) is 3.94. The van der Waals surface area contributed by atoms with E-state index in [0.29, 0.717) is 18.6 Å². The predicted molar refractivity (Wildman–Crippen MR) is 178 cm³/mol. The fraction of sp³-hybridized carbons (Fsp3) is 0.758. The van der Waals surface area contributed by atoms with Gasteiger partial charge in [-0.05, 0) is 111 Å². The molecule has 0 spiro atoms. The number of ether oxygens (including phenoxy) is 2. The van der Waals surface area contributed by atoms with E-state index in [1.807, 2.05) is 13.8 Å². The zero-order valence-corrected chi connectivity index (χ0v) is 32.2. The molecule has 0 aliphatic rings. The topological polar surface area (TPSA) is 107 Å². The molecule has 9 nitrogen and oxygen atoms in total. The Labute approximate surface area is 267 Å². The molecule has 11 heteroatoms. The first-order valence-electron chi connectivity index (χ1n) is 15.4. The molecule has 0 aromatic heterocycles. The molecule has 0 bridgehead atoms. The molecule has 0 amide bonds. The average Bonchev–Trinajstić information content (AvgIpc) is 2.73. The van der Waals surface area contributed by atoms with Crippen LogP contribution in [-0.2, 0) is 32.9 Å². The molecule has 0 aliphatic heterocycles. The summed E-state index contributed by atoms with van der Waals surface area (Å²) in [5.41, 5.74) is -1.89. The first-order valence-corrected chi connectivity index (χ1v) is 19.8. The van der Waals surface area contributed by atoms with E-state index in [0.717, 1.165) is 0 Å². The van der Waals surface area contributed by atoms with Crippen molar-refractivity contribution in [3.05, 3.63) is 28.8 Å². The van der Waals surface area contributed by atoms with Gasteiger partial charge in [-0.15, -0.1) is 0 Å². The zero-order chi connectivity index (χ0) is 34.7. The first kappa shape index (κ1) is 40.3. The minimum atomic E-state index is -4.24. The quantitative estimate of drug-likeness (QED) is 0.116. The molecular formula is C33H59O9PSi. The van der Waals surface area contributed by atoms with Gasteiger partial charge in [0.25, 0.3) is 0 Å². The van der Waals surface area contributed by atoms with Crippen molar-refractivity contribution < 1.29 is 41.6 Å². The maximum absolute atomic E-state index is 14.0. The largest absolute Gasteiger partial charge is 0.530 e. The minimum absolute atomic E-state index is 0.0104. The number of carbonyl (C=O) groups excluding carboxylic acids is 2. The molecule has 0 N–H and O–H groups in total. The highest BCUT2D eigenvalue weighted by Crippen LogP contribution is 2.54. The molecule has 44 heavy (non-hydrogen) atoms. The van der Waals surface area contributed by atoms with Gasteiger partial charge < -0.3 is 18.4 Å². The molecule has 1 aromatic rings. The van der Waals surface area contributed by atoms with Crippen LogP contribution in [0, 0.1) is 0 Å². The molecule has 0 radical (unpaired) electrons. The Bertz CT molecular complexity index is 1190. The van der Waals surface area contributed by atoms with Crippen molar-refractivity contribution in [3.8, 4) is 5.75 Å². The van der Waals surface area contributed by atoms with Crippen molar-refractivity contribution in [1.29, 1.82) is 0 Å². The third-order valence-corrected chi connectivity index (χ3v) is 13.2. The van der Waals surface area contributed by atoms with Crippen LogP contribution in [0.2, 0.25) is 18.1 Å². The lowest BCUT2D eigenvalue weighted by Gasteiger charge is -2.38. The second-order valence-electron chi connectivity index (χ2n) is 16.0. The van der Waals surface area contributed by atoms with Crippen LogP contribution in [0.5, 0.6) is 5.75 Å². The van der Waals surface area contributed by atoms with E-state index in [1.54, 1.807) is 69.2 Å². The van der Waals surface area contributed by atoms with Crippen molar-refractivity contribution in [1.82, 2.24) is 0 Å². The Balaban J connectivity index is 4.02. The van der Waals surface area contributed by atoms with Crippen molar-refractivity contribution in [2.45, 2.75) is 157 Å². The molecule has 1 rings (SSSR count). The molecule has 0 heterocycles. The van der Waals surface area contributed by atoms with Crippen LogP contribution in [0.15, 0.2) is 12.1 Å². The van der Waals surface area contributed by atoms with Gasteiger partial charge in [0.1, 0.15) is 17.0 Å². The van der Waals surface area contributed by atoms with E-state index >= 15 is 0 Å². The van der Waals surface area contributed by atoms with Gasteiger partial charge in [0.05, 0.1) is 23.3 Å². The second kappa shape index (κ2) is 14.4. The van der Waals surface area contributed by atoms with Gasteiger partial charge in [-0.2, -0.15) is 0 Å². The van der Waals surface area contributed by atoms with Crippen molar-refractivity contribution in [2.24, 2.45) is 0 Å². The number of rotatable bonds is 13. The van der Waals surface area contributed by atoms with Gasteiger partial charge in [0.2, 0.25) is 0 Å². The van der Waals surface area contributed by atoms with Crippen LogP contribution in [0.4, 0.5) is 0 Å². The monoisotopic (exact) mass is 658 g/mol. The number of carbonyl (C=O) groups is 2. The lowest BCUT2D eigenvalue weighted by molar-refractivity contribution is 0.00651. The molecular weight excluding hydrogens is 599 g/mol. The highest BCUT2D eigenvalue weighted by atomic mass is 31.2. The molecule has 0 saturated carbocycles. The minimum Gasteiger partial charge on any atom is -0.456 e. The third kappa shape index (κ3) is 12.6. The summed E-state index contributed by atoms with van der Waals surface area (Å²) in [6.45, 7) is 32.6. The summed E-state index contributed by atoms with van der Waals surface area (Å²) in [4.78, 5) is 27.2. The molecule has 0 aliphatic carbocycles. The standard InChI is InChI=1S/C33H59O9PSi/c1-22(2)40-43(36,41-23(3)4)42-26-21-24(28(34)38-30(5,6)7)20-25(29(35)39-31(8,9)10)27(26)33(14,15)18-19-37-44(16,17)32(11,12)13/h20-23H,18-19H2,1-17H3. The second-order valence-corrected chi connectivity index (χ2v) is 22.3. The summed E-state index contributed by atoms with van der Waals surface area (Å²) in [6.07, 6.45) is -0.528. The maximum atomic E-state index is 14.0. The molecule has 0 saturated heterocycles.